The zero-order valence-electron chi connectivity index (χ0n) is 45.7. The molecule has 0 saturated heterocycles. The van der Waals surface area contributed by atoms with E-state index in [-0.39, 0.29) is 39.1 Å². The van der Waals surface area contributed by atoms with Crippen molar-refractivity contribution in [1.29, 1.82) is 0 Å². The van der Waals surface area contributed by atoms with Gasteiger partial charge in [-0.15, -0.1) is 0 Å². The van der Waals surface area contributed by atoms with E-state index in [0.29, 0.717) is 44.2 Å². The first kappa shape index (κ1) is 59.0. The van der Waals surface area contributed by atoms with Gasteiger partial charge < -0.3 is 19.4 Å². The number of sulfonamides is 2. The number of carbonyl (C=O) groups is 1. The van der Waals surface area contributed by atoms with Crippen molar-refractivity contribution in [2.75, 3.05) is 24.7 Å². The topological polar surface area (TPSA) is 185 Å². The van der Waals surface area contributed by atoms with Crippen LogP contribution in [0, 0.1) is 0 Å². The van der Waals surface area contributed by atoms with Crippen LogP contribution in [-0.4, -0.2) is 67.6 Å². The Hall–Kier alpha value is -8.15. The largest absolute Gasteiger partial charge is 0.508 e. The molecule has 2 heterocycles. The predicted octanol–water partition coefficient (Wildman–Crippen LogP) is 13.2. The SMILES string of the molecule is O=C(OCCC(CS(=O)(=O)NCc1ccc(Cl)cc1)c1c[nH]c(C(c2ccccc2)(c2ccccc2)c2ccccc2)n1)OCCC(CS(=O)(=O)NCc1ccc(Cl)cc1)c1c[nH]c(C(c2ccccc2)(c2ccccc2)c2ccccc2)n1. The van der Waals surface area contributed by atoms with Crippen LogP contribution in [0.1, 0.15) is 92.2 Å². The molecule has 0 aliphatic heterocycles. The van der Waals surface area contributed by atoms with E-state index in [1.807, 2.05) is 182 Å². The molecule has 8 aromatic carbocycles. The van der Waals surface area contributed by atoms with Gasteiger partial charge in [0.05, 0.1) is 36.1 Å². The lowest BCUT2D eigenvalue weighted by molar-refractivity contribution is 0.0518. The number of benzene rings is 8. The summed E-state index contributed by atoms with van der Waals surface area (Å²) in [6, 6.07) is 73.8. The highest BCUT2D eigenvalue weighted by molar-refractivity contribution is 7.89. The quantitative estimate of drug-likeness (QED) is 0.0302. The Bertz CT molecular complexity index is 3490. The van der Waals surface area contributed by atoms with Gasteiger partial charge >= 0.3 is 6.16 Å². The molecule has 0 fully saturated rings. The van der Waals surface area contributed by atoms with Crippen LogP contribution in [0.3, 0.4) is 0 Å². The number of carbonyl (C=O) groups excluding carboxylic acids is 1. The van der Waals surface area contributed by atoms with Crippen molar-refractivity contribution in [3.8, 4) is 0 Å². The molecular weight excluding hydrogens is 1140 g/mol. The molecule has 0 aliphatic rings. The van der Waals surface area contributed by atoms with Gasteiger partial charge in [-0.05, 0) is 81.6 Å². The Kier molecular flexibility index (Phi) is 19.0. The Balaban J connectivity index is 0.908. The summed E-state index contributed by atoms with van der Waals surface area (Å²) in [4.78, 5) is 31.1. The van der Waals surface area contributed by atoms with Gasteiger partial charge in [-0.3, -0.25) is 0 Å². The van der Waals surface area contributed by atoms with Crippen LogP contribution >= 0.6 is 23.2 Å². The molecule has 0 amide bonds. The van der Waals surface area contributed by atoms with Crippen molar-refractivity contribution in [2.24, 2.45) is 0 Å². The molecule has 13 nitrogen and oxygen atoms in total. The lowest BCUT2D eigenvalue weighted by atomic mass is 9.69. The zero-order chi connectivity index (χ0) is 58.4. The van der Waals surface area contributed by atoms with Gasteiger partial charge in [0.25, 0.3) is 0 Å². The summed E-state index contributed by atoms with van der Waals surface area (Å²) in [7, 11) is -7.98. The van der Waals surface area contributed by atoms with Crippen LogP contribution in [0.5, 0.6) is 0 Å². The van der Waals surface area contributed by atoms with Crippen LogP contribution in [0.25, 0.3) is 0 Å². The number of hydrogen-bond acceptors (Lipinski definition) is 9. The number of H-pyrrole nitrogens is 2. The number of aromatic nitrogens is 4. The Labute approximate surface area is 500 Å². The third kappa shape index (κ3) is 13.9. The van der Waals surface area contributed by atoms with Crippen LogP contribution in [0.2, 0.25) is 10.0 Å². The second-order valence-electron chi connectivity index (χ2n) is 20.4. The van der Waals surface area contributed by atoms with Gasteiger partial charge in [-0.1, -0.05) is 229 Å². The van der Waals surface area contributed by atoms with Crippen molar-refractivity contribution < 1.29 is 31.1 Å². The minimum atomic E-state index is -3.99. The molecule has 2 atom stereocenters. The van der Waals surface area contributed by atoms with Gasteiger partial charge in [-0.25, -0.2) is 41.0 Å². The van der Waals surface area contributed by atoms with Gasteiger partial charge in [-0.2, -0.15) is 0 Å². The van der Waals surface area contributed by atoms with E-state index in [1.165, 1.54) is 0 Å². The van der Waals surface area contributed by atoms with Crippen molar-refractivity contribution in [1.82, 2.24) is 29.4 Å². The van der Waals surface area contributed by atoms with Gasteiger partial charge in [0.2, 0.25) is 20.0 Å². The molecule has 428 valence electrons. The summed E-state index contributed by atoms with van der Waals surface area (Å²) in [6.07, 6.45) is 2.51. The number of halogens is 2. The molecule has 84 heavy (non-hydrogen) atoms. The number of ether oxygens (including phenoxy) is 2. The maximum absolute atomic E-state index is 14.1. The van der Waals surface area contributed by atoms with E-state index in [9.17, 15) is 21.6 Å². The molecule has 17 heteroatoms. The summed E-state index contributed by atoms with van der Waals surface area (Å²) in [5.41, 5.74) is 6.02. The maximum atomic E-state index is 14.1. The standard InChI is InChI=1S/C67H62Cl2N6O7S2/c68-59-35-31-49(32-36-59)43-72-83(77,78)47-51(61-45-70-63(74-61)66(53-19-7-1-8-20-53,54-21-9-2-10-22-54)55-23-11-3-12-24-55)39-41-81-65(76)82-42-40-52(48-84(79,80)73-44-50-33-37-60(69)38-34-50)62-46-71-64(75-62)67(56-25-13-4-14-26-56,57-27-15-5-16-28-57)58-29-17-6-18-30-58/h1-38,45-46,51-52,72-73H,39-44,47-48H2,(H,70,74)(H,71,75). The number of nitrogens with zero attached hydrogens (tertiary/aromatic N) is 2. The van der Waals surface area contributed by atoms with E-state index >= 15 is 0 Å². The van der Waals surface area contributed by atoms with Gasteiger partial charge in [0.15, 0.2) is 0 Å². The lowest BCUT2D eigenvalue weighted by Crippen LogP contribution is -2.32. The minimum Gasteiger partial charge on any atom is -0.434 e. The number of aromatic amines is 2. The second kappa shape index (κ2) is 27.0. The average Bonchev–Trinajstić information content (AvgIpc) is 3.81. The highest BCUT2D eigenvalue weighted by Crippen LogP contribution is 2.46. The van der Waals surface area contributed by atoms with E-state index < -0.39 is 60.4 Å². The minimum absolute atomic E-state index is 0.0221. The summed E-state index contributed by atoms with van der Waals surface area (Å²) in [5, 5.41) is 1.05. The van der Waals surface area contributed by atoms with Crippen LogP contribution in [0.4, 0.5) is 4.79 Å². The summed E-state index contributed by atoms with van der Waals surface area (Å²) >= 11 is 12.3. The van der Waals surface area contributed by atoms with Gasteiger partial charge in [0, 0.05) is 47.4 Å². The van der Waals surface area contributed by atoms with Crippen LogP contribution in [-0.2, 0) is 53.4 Å². The smallest absolute Gasteiger partial charge is 0.434 e. The molecule has 2 unspecified atom stereocenters. The van der Waals surface area contributed by atoms with Crippen LogP contribution < -0.4 is 9.44 Å². The average molecular weight is 1200 g/mol. The summed E-state index contributed by atoms with van der Waals surface area (Å²) in [6.45, 7) is -0.437. The Morgan fingerprint density at radius 1 is 0.429 bits per heavy atom. The van der Waals surface area contributed by atoms with Crippen molar-refractivity contribution >= 4 is 49.4 Å². The summed E-state index contributed by atoms with van der Waals surface area (Å²) in [5.74, 6) is -1.25. The van der Waals surface area contributed by atoms with E-state index in [2.05, 4.69) is 19.4 Å². The zero-order valence-corrected chi connectivity index (χ0v) is 48.9. The lowest BCUT2D eigenvalue weighted by Gasteiger charge is -2.34. The fourth-order valence-corrected chi connectivity index (χ4v) is 13.9. The Morgan fingerprint density at radius 3 is 0.976 bits per heavy atom. The normalized spacial score (nSPS) is 12.8. The fourth-order valence-electron chi connectivity index (χ4n) is 10.9. The Morgan fingerprint density at radius 2 is 0.702 bits per heavy atom. The third-order valence-corrected chi connectivity index (χ3v) is 18.4. The maximum Gasteiger partial charge on any atom is 0.508 e. The van der Waals surface area contributed by atoms with Crippen molar-refractivity contribution in [3.63, 3.8) is 0 Å². The predicted molar refractivity (Wildman–Crippen MR) is 330 cm³/mol. The highest BCUT2D eigenvalue weighted by Gasteiger charge is 2.43. The number of hydrogen-bond donors (Lipinski definition) is 4. The van der Waals surface area contributed by atoms with Crippen molar-refractivity contribution in [3.05, 3.63) is 321 Å². The molecule has 10 aromatic rings. The molecule has 0 radical (unpaired) electrons. The third-order valence-electron chi connectivity index (χ3n) is 15.0. The molecule has 10 rings (SSSR count). The fraction of sp³-hybridized carbons (Fsp3) is 0.179. The monoisotopic (exact) mass is 1200 g/mol. The number of nitrogens with one attached hydrogen (secondary N) is 4. The number of rotatable bonds is 26. The van der Waals surface area contributed by atoms with E-state index in [1.54, 1.807) is 60.9 Å². The first-order valence-electron chi connectivity index (χ1n) is 27.5. The molecule has 2 aromatic heterocycles. The molecule has 0 aliphatic carbocycles. The first-order valence-corrected chi connectivity index (χ1v) is 31.6. The highest BCUT2D eigenvalue weighted by atomic mass is 35.5. The van der Waals surface area contributed by atoms with E-state index in [4.69, 9.17) is 42.6 Å². The molecule has 0 spiro atoms. The van der Waals surface area contributed by atoms with Crippen LogP contribution in [0.15, 0.2) is 243 Å². The molecule has 4 N–H and O–H groups in total. The molecule has 0 bridgehead atoms. The van der Waals surface area contributed by atoms with E-state index in [0.717, 1.165) is 33.4 Å². The molecular formula is C67H62Cl2N6O7S2. The molecule has 0 saturated carbocycles. The summed E-state index contributed by atoms with van der Waals surface area (Å²) < 4.78 is 73.2. The van der Waals surface area contributed by atoms with Gasteiger partial charge in [0.1, 0.15) is 22.5 Å². The number of imidazole rings is 2. The first-order chi connectivity index (χ1) is 40.8. The second-order valence-corrected chi connectivity index (χ2v) is 25.0. The van der Waals surface area contributed by atoms with Crippen molar-refractivity contribution in [2.45, 2.75) is 48.6 Å².